The first-order valence-electron chi connectivity index (χ1n) is 6.11. The van der Waals surface area contributed by atoms with Crippen LogP contribution in [-0.4, -0.2) is 6.54 Å². The van der Waals surface area contributed by atoms with Crippen molar-refractivity contribution in [1.82, 2.24) is 0 Å². The minimum absolute atomic E-state index is 0.612. The summed E-state index contributed by atoms with van der Waals surface area (Å²) in [5, 5.41) is 0. The summed E-state index contributed by atoms with van der Waals surface area (Å²) >= 11 is 3.46. The zero-order valence-electron chi connectivity index (χ0n) is 10.2. The van der Waals surface area contributed by atoms with E-state index >= 15 is 0 Å². The maximum atomic E-state index is 5.87. The second-order valence-corrected chi connectivity index (χ2v) is 5.51. The van der Waals surface area contributed by atoms with Gasteiger partial charge in [0.2, 0.25) is 0 Å². The summed E-state index contributed by atoms with van der Waals surface area (Å²) in [4.78, 5) is 0. The third-order valence-corrected chi connectivity index (χ3v) is 3.79. The zero-order chi connectivity index (χ0) is 12.0. The Morgan fingerprint density at radius 3 is 2.38 bits per heavy atom. The maximum Gasteiger partial charge on any atom is 0.0175 e. The van der Waals surface area contributed by atoms with E-state index < -0.39 is 0 Å². The number of rotatable bonds is 6. The molecule has 1 rings (SSSR count). The van der Waals surface area contributed by atoms with Crippen LogP contribution >= 0.6 is 15.9 Å². The predicted molar refractivity (Wildman–Crippen MR) is 74.5 cm³/mol. The molecule has 0 bridgehead atoms. The van der Waals surface area contributed by atoms with Crippen LogP contribution in [-0.2, 0) is 6.42 Å². The van der Waals surface area contributed by atoms with Crippen molar-refractivity contribution in [2.75, 3.05) is 6.54 Å². The third kappa shape index (κ3) is 4.26. The highest BCUT2D eigenvalue weighted by molar-refractivity contribution is 9.10. The monoisotopic (exact) mass is 283 g/mol. The largest absolute Gasteiger partial charge is 0.330 e. The van der Waals surface area contributed by atoms with Crippen LogP contribution in [0.3, 0.4) is 0 Å². The van der Waals surface area contributed by atoms with Gasteiger partial charge in [-0.2, -0.15) is 0 Å². The molecule has 0 spiro atoms. The Balaban J connectivity index is 2.59. The molecule has 0 aliphatic carbocycles. The molecule has 90 valence electrons. The molecule has 0 aromatic heterocycles. The lowest BCUT2D eigenvalue weighted by Crippen LogP contribution is -2.23. The van der Waals surface area contributed by atoms with Crippen molar-refractivity contribution in [2.24, 2.45) is 17.6 Å². The van der Waals surface area contributed by atoms with Crippen molar-refractivity contribution in [1.29, 1.82) is 0 Å². The average Bonchev–Trinajstić information content (AvgIpc) is 2.28. The fourth-order valence-corrected chi connectivity index (χ4v) is 2.40. The molecule has 0 saturated heterocycles. The van der Waals surface area contributed by atoms with Gasteiger partial charge in [-0.05, 0) is 42.5 Å². The van der Waals surface area contributed by atoms with Crippen molar-refractivity contribution < 1.29 is 0 Å². The van der Waals surface area contributed by atoms with E-state index in [0.717, 1.165) is 23.4 Å². The highest BCUT2D eigenvalue weighted by atomic mass is 79.9. The van der Waals surface area contributed by atoms with Gasteiger partial charge in [0.1, 0.15) is 0 Å². The Labute approximate surface area is 108 Å². The maximum absolute atomic E-state index is 5.87. The normalized spacial score (nSPS) is 14.8. The highest BCUT2D eigenvalue weighted by Crippen LogP contribution is 2.21. The second kappa shape index (κ2) is 7.08. The first-order valence-corrected chi connectivity index (χ1v) is 6.91. The highest BCUT2D eigenvalue weighted by Gasteiger charge is 2.15. The summed E-state index contributed by atoms with van der Waals surface area (Å²) in [7, 11) is 0. The number of halogens is 1. The molecular formula is C14H22BrN. The molecule has 0 aliphatic rings. The molecule has 2 atom stereocenters. The van der Waals surface area contributed by atoms with Gasteiger partial charge in [-0.15, -0.1) is 0 Å². The molecule has 0 saturated carbocycles. The average molecular weight is 284 g/mol. The zero-order valence-corrected chi connectivity index (χ0v) is 11.8. The van der Waals surface area contributed by atoms with Gasteiger partial charge in [-0.1, -0.05) is 54.8 Å². The summed E-state index contributed by atoms with van der Waals surface area (Å²) in [6, 6.07) is 8.58. The Bertz CT molecular complexity index is 294. The molecule has 2 heteroatoms. The van der Waals surface area contributed by atoms with Gasteiger partial charge >= 0.3 is 0 Å². The summed E-state index contributed by atoms with van der Waals surface area (Å²) < 4.78 is 1.14. The molecule has 16 heavy (non-hydrogen) atoms. The van der Waals surface area contributed by atoms with Crippen LogP contribution in [0.5, 0.6) is 0 Å². The van der Waals surface area contributed by atoms with Crippen LogP contribution in [0.15, 0.2) is 28.7 Å². The lowest BCUT2D eigenvalue weighted by atomic mass is 9.85. The second-order valence-electron chi connectivity index (χ2n) is 4.59. The number of hydrogen-bond donors (Lipinski definition) is 1. The van der Waals surface area contributed by atoms with Crippen molar-refractivity contribution >= 4 is 15.9 Å². The quantitative estimate of drug-likeness (QED) is 0.839. The van der Waals surface area contributed by atoms with E-state index in [9.17, 15) is 0 Å². The van der Waals surface area contributed by atoms with E-state index in [1.54, 1.807) is 0 Å². The summed E-state index contributed by atoms with van der Waals surface area (Å²) in [6.07, 6.45) is 3.63. The minimum Gasteiger partial charge on any atom is -0.330 e. The topological polar surface area (TPSA) is 26.0 Å². The smallest absolute Gasteiger partial charge is 0.0175 e. The molecular weight excluding hydrogens is 262 g/mol. The summed E-state index contributed by atoms with van der Waals surface area (Å²) in [5.41, 5.74) is 7.26. The van der Waals surface area contributed by atoms with Crippen LogP contribution in [0.25, 0.3) is 0 Å². The molecule has 1 aromatic carbocycles. The van der Waals surface area contributed by atoms with Gasteiger partial charge in [-0.25, -0.2) is 0 Å². The third-order valence-electron chi connectivity index (χ3n) is 3.26. The van der Waals surface area contributed by atoms with Crippen molar-refractivity contribution in [3.63, 3.8) is 0 Å². The Morgan fingerprint density at radius 2 is 1.88 bits per heavy atom. The molecule has 1 nitrogen and oxygen atoms in total. The van der Waals surface area contributed by atoms with Gasteiger partial charge in [-0.3, -0.25) is 0 Å². The van der Waals surface area contributed by atoms with E-state index in [2.05, 4.69) is 54.0 Å². The first kappa shape index (κ1) is 13.7. The van der Waals surface area contributed by atoms with Gasteiger partial charge in [0.25, 0.3) is 0 Å². The lowest BCUT2D eigenvalue weighted by Gasteiger charge is -2.22. The molecule has 0 aliphatic heterocycles. The summed E-state index contributed by atoms with van der Waals surface area (Å²) in [5.74, 6) is 1.33. The van der Waals surface area contributed by atoms with Gasteiger partial charge in [0.15, 0.2) is 0 Å². The number of hydrogen-bond acceptors (Lipinski definition) is 1. The lowest BCUT2D eigenvalue weighted by molar-refractivity contribution is 0.340. The Kier molecular flexibility index (Phi) is 6.07. The SMILES string of the molecule is CCCC(C)C(CN)Cc1ccc(Br)cc1. The molecule has 2 N–H and O–H groups in total. The number of benzene rings is 1. The molecule has 0 heterocycles. The predicted octanol–water partition coefficient (Wildman–Crippen LogP) is 4.00. The summed E-state index contributed by atoms with van der Waals surface area (Å²) in [6.45, 7) is 5.35. The fourth-order valence-electron chi connectivity index (χ4n) is 2.13. The van der Waals surface area contributed by atoms with Crippen molar-refractivity contribution in [2.45, 2.75) is 33.1 Å². The molecule has 2 unspecified atom stereocenters. The van der Waals surface area contributed by atoms with Gasteiger partial charge in [0, 0.05) is 4.47 Å². The van der Waals surface area contributed by atoms with Crippen LogP contribution in [0, 0.1) is 11.8 Å². The first-order chi connectivity index (χ1) is 7.67. The van der Waals surface area contributed by atoms with Crippen molar-refractivity contribution in [3.05, 3.63) is 34.3 Å². The van der Waals surface area contributed by atoms with Crippen LogP contribution < -0.4 is 5.73 Å². The van der Waals surface area contributed by atoms with E-state index in [1.165, 1.54) is 18.4 Å². The minimum atomic E-state index is 0.612. The molecule has 0 fully saturated rings. The molecule has 0 amide bonds. The van der Waals surface area contributed by atoms with Crippen LogP contribution in [0.1, 0.15) is 32.3 Å². The fraction of sp³-hybridized carbons (Fsp3) is 0.571. The Morgan fingerprint density at radius 1 is 1.25 bits per heavy atom. The van der Waals surface area contributed by atoms with Crippen LogP contribution in [0.2, 0.25) is 0 Å². The van der Waals surface area contributed by atoms with Gasteiger partial charge in [0.05, 0.1) is 0 Å². The van der Waals surface area contributed by atoms with E-state index in [-0.39, 0.29) is 0 Å². The molecule has 0 radical (unpaired) electrons. The van der Waals surface area contributed by atoms with Gasteiger partial charge < -0.3 is 5.73 Å². The van der Waals surface area contributed by atoms with E-state index in [4.69, 9.17) is 5.73 Å². The Hall–Kier alpha value is -0.340. The van der Waals surface area contributed by atoms with Crippen LogP contribution in [0.4, 0.5) is 0 Å². The van der Waals surface area contributed by atoms with E-state index in [1.807, 2.05) is 0 Å². The number of nitrogens with two attached hydrogens (primary N) is 1. The standard InChI is InChI=1S/C14H22BrN/c1-3-4-11(2)13(10-16)9-12-5-7-14(15)8-6-12/h5-8,11,13H,3-4,9-10,16H2,1-2H3. The van der Waals surface area contributed by atoms with Crippen molar-refractivity contribution in [3.8, 4) is 0 Å². The van der Waals surface area contributed by atoms with E-state index in [0.29, 0.717) is 5.92 Å². The molecule has 1 aromatic rings.